The lowest BCUT2D eigenvalue weighted by Gasteiger charge is -2.21. The van der Waals surface area contributed by atoms with Gasteiger partial charge in [-0.05, 0) is 78.1 Å². The third-order valence-corrected chi connectivity index (χ3v) is 7.29. The fourth-order valence-electron chi connectivity index (χ4n) is 4.32. The van der Waals surface area contributed by atoms with Gasteiger partial charge in [-0.25, -0.2) is 0 Å². The average molecular weight is 488 g/mol. The summed E-state index contributed by atoms with van der Waals surface area (Å²) in [6.45, 7) is 3.17. The third-order valence-electron chi connectivity index (χ3n) is 6.24. The highest BCUT2D eigenvalue weighted by Gasteiger charge is 2.17. The Morgan fingerprint density at radius 1 is 1.06 bits per heavy atom. The fourth-order valence-corrected chi connectivity index (χ4v) is 5.43. The maximum atomic E-state index is 12.5. The predicted molar refractivity (Wildman–Crippen MR) is 140 cm³/mol. The molecule has 1 saturated heterocycles. The minimum Gasteiger partial charge on any atom is -0.494 e. The molecule has 0 amide bonds. The van der Waals surface area contributed by atoms with Gasteiger partial charge in [0.15, 0.2) is 0 Å². The molecule has 0 unspecified atom stereocenters. The molecule has 5 rings (SSSR count). The van der Waals surface area contributed by atoms with Crippen molar-refractivity contribution in [1.29, 1.82) is 0 Å². The lowest BCUT2D eigenvalue weighted by molar-refractivity contribution is 0.317. The molecule has 0 N–H and O–H groups in total. The Hall–Kier alpha value is -3.32. The Balaban J connectivity index is 1.33. The first-order valence-electron chi connectivity index (χ1n) is 12.1. The second-order valence-corrected chi connectivity index (χ2v) is 10.0. The van der Waals surface area contributed by atoms with Crippen LogP contribution in [0.4, 0.5) is 0 Å². The number of hydrogen-bond acceptors (Lipinski definition) is 6. The highest BCUT2D eigenvalue weighted by molar-refractivity contribution is 7.99. The molecule has 0 aliphatic carbocycles. The van der Waals surface area contributed by atoms with E-state index in [0.29, 0.717) is 30.8 Å². The molecule has 1 aliphatic rings. The number of hydrogen-bond donors (Lipinski definition) is 0. The van der Waals surface area contributed by atoms with Gasteiger partial charge in [-0.15, -0.1) is 0 Å². The average Bonchev–Trinajstić information content (AvgIpc) is 3.40. The van der Waals surface area contributed by atoms with Crippen molar-refractivity contribution in [2.45, 2.75) is 38.6 Å². The molecular weight excluding hydrogens is 458 g/mol. The minimum atomic E-state index is -0.0888. The van der Waals surface area contributed by atoms with Crippen LogP contribution in [-0.2, 0) is 6.54 Å². The number of ether oxygens (including phenoxy) is 1. The van der Waals surface area contributed by atoms with Crippen molar-refractivity contribution in [2.75, 3.05) is 18.1 Å². The van der Waals surface area contributed by atoms with E-state index in [0.717, 1.165) is 28.9 Å². The molecule has 4 aromatic rings. The first-order chi connectivity index (χ1) is 17.2. The van der Waals surface area contributed by atoms with Crippen LogP contribution in [0.1, 0.15) is 43.2 Å². The summed E-state index contributed by atoms with van der Waals surface area (Å²) in [6.07, 6.45) is 5.20. The maximum Gasteiger partial charge on any atom is 0.258 e. The van der Waals surface area contributed by atoms with Gasteiger partial charge in [0.25, 0.3) is 11.4 Å². The first-order valence-corrected chi connectivity index (χ1v) is 13.3. The topological polar surface area (TPSA) is 70.2 Å². The SMILES string of the molecule is CCCOc1cccc(Cn2cc(-c3noc(-c4ccc(C5CCSCC5)cc4)n3)ccc2=O)c1. The van der Waals surface area contributed by atoms with Crippen LogP contribution in [0, 0.1) is 0 Å². The number of pyridine rings is 1. The summed E-state index contributed by atoms with van der Waals surface area (Å²) in [5.41, 5.74) is 3.91. The molecule has 7 heteroatoms. The Morgan fingerprint density at radius 3 is 2.66 bits per heavy atom. The van der Waals surface area contributed by atoms with Gasteiger partial charge in [-0.2, -0.15) is 16.7 Å². The maximum absolute atomic E-state index is 12.5. The van der Waals surface area contributed by atoms with Gasteiger partial charge in [-0.3, -0.25) is 4.79 Å². The van der Waals surface area contributed by atoms with Crippen LogP contribution >= 0.6 is 11.8 Å². The number of nitrogens with zero attached hydrogens (tertiary/aromatic N) is 3. The molecular formula is C28H29N3O3S. The van der Waals surface area contributed by atoms with Gasteiger partial charge >= 0.3 is 0 Å². The summed E-state index contributed by atoms with van der Waals surface area (Å²) in [4.78, 5) is 17.1. The van der Waals surface area contributed by atoms with Crippen molar-refractivity contribution >= 4 is 11.8 Å². The molecule has 1 aliphatic heterocycles. The Kier molecular flexibility index (Phi) is 7.33. The predicted octanol–water partition coefficient (Wildman–Crippen LogP) is 6.01. The van der Waals surface area contributed by atoms with Crippen LogP contribution in [-0.4, -0.2) is 32.8 Å². The van der Waals surface area contributed by atoms with Gasteiger partial charge in [0, 0.05) is 23.4 Å². The summed E-state index contributed by atoms with van der Waals surface area (Å²) in [5, 5.41) is 4.18. The Bertz CT molecular complexity index is 1320. The van der Waals surface area contributed by atoms with Crippen LogP contribution in [0.2, 0.25) is 0 Å². The van der Waals surface area contributed by atoms with E-state index in [1.807, 2.05) is 36.0 Å². The molecule has 0 spiro atoms. The van der Waals surface area contributed by atoms with Crippen LogP contribution in [0.15, 0.2) is 76.2 Å². The van der Waals surface area contributed by atoms with Gasteiger partial charge in [-0.1, -0.05) is 36.3 Å². The van der Waals surface area contributed by atoms with Gasteiger partial charge in [0.2, 0.25) is 5.82 Å². The number of benzene rings is 2. The van der Waals surface area contributed by atoms with E-state index in [1.165, 1.54) is 29.9 Å². The quantitative estimate of drug-likeness (QED) is 0.303. The molecule has 2 aromatic heterocycles. The summed E-state index contributed by atoms with van der Waals surface area (Å²) in [7, 11) is 0. The molecule has 3 heterocycles. The van der Waals surface area contributed by atoms with Gasteiger partial charge in [0.1, 0.15) is 5.75 Å². The molecule has 35 heavy (non-hydrogen) atoms. The minimum absolute atomic E-state index is 0.0888. The van der Waals surface area contributed by atoms with E-state index in [9.17, 15) is 4.79 Å². The molecule has 0 radical (unpaired) electrons. The zero-order chi connectivity index (χ0) is 24.0. The largest absolute Gasteiger partial charge is 0.494 e. The van der Waals surface area contributed by atoms with Crippen molar-refractivity contribution in [2.24, 2.45) is 0 Å². The lowest BCUT2D eigenvalue weighted by atomic mass is 9.93. The molecule has 180 valence electrons. The van der Waals surface area contributed by atoms with Crippen LogP contribution in [0.5, 0.6) is 5.75 Å². The number of aromatic nitrogens is 3. The highest BCUT2D eigenvalue weighted by atomic mass is 32.2. The van der Waals surface area contributed by atoms with Crippen molar-refractivity contribution in [3.8, 4) is 28.6 Å². The Labute approximate surface area is 209 Å². The molecule has 0 saturated carbocycles. The molecule has 2 aromatic carbocycles. The van der Waals surface area contributed by atoms with E-state index < -0.39 is 0 Å². The van der Waals surface area contributed by atoms with Gasteiger partial charge < -0.3 is 13.8 Å². The van der Waals surface area contributed by atoms with E-state index in [2.05, 4.69) is 41.3 Å². The molecule has 0 bridgehead atoms. The molecule has 1 fully saturated rings. The number of thioether (sulfide) groups is 1. The van der Waals surface area contributed by atoms with E-state index >= 15 is 0 Å². The van der Waals surface area contributed by atoms with Gasteiger partial charge in [0.05, 0.1) is 13.2 Å². The summed E-state index contributed by atoms with van der Waals surface area (Å²) in [6, 6.07) is 19.6. The summed E-state index contributed by atoms with van der Waals surface area (Å²) in [5.74, 6) is 4.86. The normalized spacial score (nSPS) is 14.2. The summed E-state index contributed by atoms with van der Waals surface area (Å²) >= 11 is 2.04. The van der Waals surface area contributed by atoms with Crippen LogP contribution < -0.4 is 10.3 Å². The monoisotopic (exact) mass is 487 g/mol. The number of rotatable bonds is 8. The van der Waals surface area contributed by atoms with Crippen molar-refractivity contribution in [3.05, 3.63) is 88.3 Å². The van der Waals surface area contributed by atoms with E-state index in [1.54, 1.807) is 22.9 Å². The van der Waals surface area contributed by atoms with Crippen LogP contribution in [0.3, 0.4) is 0 Å². The fraction of sp³-hybridized carbons (Fsp3) is 0.321. The molecule has 6 nitrogen and oxygen atoms in total. The summed E-state index contributed by atoms with van der Waals surface area (Å²) < 4.78 is 12.9. The van der Waals surface area contributed by atoms with E-state index in [-0.39, 0.29) is 5.56 Å². The van der Waals surface area contributed by atoms with Crippen molar-refractivity contribution in [3.63, 3.8) is 0 Å². The van der Waals surface area contributed by atoms with Crippen molar-refractivity contribution in [1.82, 2.24) is 14.7 Å². The zero-order valence-electron chi connectivity index (χ0n) is 19.9. The zero-order valence-corrected chi connectivity index (χ0v) is 20.7. The first kappa shape index (κ1) is 23.4. The highest BCUT2D eigenvalue weighted by Crippen LogP contribution is 2.32. The second kappa shape index (κ2) is 11.0. The Morgan fingerprint density at radius 2 is 1.86 bits per heavy atom. The smallest absolute Gasteiger partial charge is 0.258 e. The van der Waals surface area contributed by atoms with E-state index in [4.69, 9.17) is 9.26 Å². The van der Waals surface area contributed by atoms with Crippen molar-refractivity contribution < 1.29 is 9.26 Å². The van der Waals surface area contributed by atoms with Crippen LogP contribution in [0.25, 0.3) is 22.8 Å². The lowest BCUT2D eigenvalue weighted by Crippen LogP contribution is -2.19. The molecule has 0 atom stereocenters. The standard InChI is InChI=1S/C28H29N3O3S/c1-2-14-33-25-5-3-4-20(17-25)18-31-19-24(10-11-26(31)32)27-29-28(34-30-27)23-8-6-21(7-9-23)22-12-15-35-16-13-22/h3-11,17,19,22H,2,12-16,18H2,1H3. The third kappa shape index (κ3) is 5.68. The second-order valence-electron chi connectivity index (χ2n) is 8.81.